The molecule has 0 heterocycles. The molecule has 0 saturated heterocycles. The molecular weight excluding hydrogens is 245 g/mol. The summed E-state index contributed by atoms with van der Waals surface area (Å²) in [7, 11) is 0. The second-order valence-electron chi connectivity index (χ2n) is 6.37. The Morgan fingerprint density at radius 3 is 2.37 bits per heavy atom. The highest BCUT2D eigenvalue weighted by Crippen LogP contribution is 2.67. The minimum absolute atomic E-state index is 0.109. The van der Waals surface area contributed by atoms with Gasteiger partial charge in [0.15, 0.2) is 0 Å². The number of carbonyl (C=O) groups is 1. The topological polar surface area (TPSA) is 49.3 Å². The van der Waals surface area contributed by atoms with Gasteiger partial charge in [0.05, 0.1) is 5.56 Å². The first kappa shape index (κ1) is 13.8. The summed E-state index contributed by atoms with van der Waals surface area (Å²) in [5.41, 5.74) is 0.508. The van der Waals surface area contributed by atoms with Crippen molar-refractivity contribution in [2.24, 2.45) is 16.7 Å². The smallest absolute Gasteiger partial charge is 0.255 e. The first-order valence-electron chi connectivity index (χ1n) is 6.44. The van der Waals surface area contributed by atoms with E-state index in [0.29, 0.717) is 12.5 Å². The molecule has 1 aliphatic rings. The molecule has 2 rings (SSSR count). The maximum absolute atomic E-state index is 12.8. The average Bonchev–Trinajstić information content (AvgIpc) is 2.66. The van der Waals surface area contributed by atoms with Crippen LogP contribution in [0.15, 0.2) is 18.2 Å². The van der Waals surface area contributed by atoms with Crippen molar-refractivity contribution in [2.45, 2.75) is 27.7 Å². The molecule has 4 heteroatoms. The van der Waals surface area contributed by atoms with E-state index in [1.807, 2.05) is 0 Å². The fraction of sp³-hybridized carbons (Fsp3) is 0.533. The van der Waals surface area contributed by atoms with Gasteiger partial charge in [-0.3, -0.25) is 4.79 Å². The number of hydrogen-bond donors (Lipinski definition) is 2. The minimum atomic E-state index is -0.557. The fourth-order valence-electron chi connectivity index (χ4n) is 2.83. The number of amides is 1. The molecule has 104 valence electrons. The van der Waals surface area contributed by atoms with Gasteiger partial charge >= 0.3 is 0 Å². The predicted molar refractivity (Wildman–Crippen MR) is 71.5 cm³/mol. The highest BCUT2D eigenvalue weighted by atomic mass is 19.1. The molecule has 19 heavy (non-hydrogen) atoms. The van der Waals surface area contributed by atoms with Crippen LogP contribution in [-0.4, -0.2) is 17.6 Å². The Kier molecular flexibility index (Phi) is 3.07. The Hall–Kier alpha value is -1.58. The van der Waals surface area contributed by atoms with Gasteiger partial charge in [-0.15, -0.1) is 0 Å². The molecule has 0 bridgehead atoms. The molecule has 2 N–H and O–H groups in total. The lowest BCUT2D eigenvalue weighted by atomic mass is 10.0. The monoisotopic (exact) mass is 265 g/mol. The zero-order chi connectivity index (χ0) is 14.4. The summed E-state index contributed by atoms with van der Waals surface area (Å²) in [4.78, 5) is 11.9. The van der Waals surface area contributed by atoms with Crippen LogP contribution < -0.4 is 5.32 Å². The van der Waals surface area contributed by atoms with Crippen molar-refractivity contribution >= 4 is 5.91 Å². The van der Waals surface area contributed by atoms with Crippen molar-refractivity contribution in [3.63, 3.8) is 0 Å². The van der Waals surface area contributed by atoms with E-state index < -0.39 is 5.82 Å². The summed E-state index contributed by atoms with van der Waals surface area (Å²) in [5.74, 6) is -0.840. The van der Waals surface area contributed by atoms with Crippen LogP contribution in [-0.2, 0) is 0 Å². The van der Waals surface area contributed by atoms with Gasteiger partial charge < -0.3 is 10.4 Å². The third kappa shape index (κ3) is 2.20. The molecule has 1 saturated carbocycles. The molecule has 1 aliphatic carbocycles. The van der Waals surface area contributed by atoms with E-state index in [9.17, 15) is 14.3 Å². The van der Waals surface area contributed by atoms with Gasteiger partial charge in [-0.25, -0.2) is 4.39 Å². The molecule has 1 amide bonds. The van der Waals surface area contributed by atoms with Crippen LogP contribution in [0.25, 0.3) is 0 Å². The third-order valence-electron chi connectivity index (χ3n) is 4.99. The molecule has 3 nitrogen and oxygen atoms in total. The number of aromatic hydroxyl groups is 1. The van der Waals surface area contributed by atoms with Crippen LogP contribution in [0.5, 0.6) is 5.75 Å². The van der Waals surface area contributed by atoms with Gasteiger partial charge in [0.2, 0.25) is 0 Å². The predicted octanol–water partition coefficient (Wildman–Crippen LogP) is 2.94. The van der Waals surface area contributed by atoms with Gasteiger partial charge in [0, 0.05) is 12.6 Å². The summed E-state index contributed by atoms with van der Waals surface area (Å²) < 4.78 is 12.8. The molecule has 0 unspecified atom stereocenters. The van der Waals surface area contributed by atoms with Crippen molar-refractivity contribution in [1.82, 2.24) is 5.32 Å². The number of hydrogen-bond acceptors (Lipinski definition) is 2. The first-order chi connectivity index (χ1) is 8.68. The number of carbonyl (C=O) groups excluding carboxylic acids is 1. The molecule has 1 aromatic rings. The van der Waals surface area contributed by atoms with Crippen molar-refractivity contribution in [3.05, 3.63) is 29.6 Å². The van der Waals surface area contributed by atoms with Crippen molar-refractivity contribution < 1.29 is 14.3 Å². The Balaban J connectivity index is 2.00. The lowest BCUT2D eigenvalue weighted by molar-refractivity contribution is 0.0947. The van der Waals surface area contributed by atoms with Crippen molar-refractivity contribution in [1.29, 1.82) is 0 Å². The summed E-state index contributed by atoms with van der Waals surface area (Å²) in [5, 5.41) is 12.4. The zero-order valence-corrected chi connectivity index (χ0v) is 11.7. The number of phenols is 1. The number of rotatable bonds is 3. The lowest BCUT2D eigenvalue weighted by Crippen LogP contribution is -2.27. The number of phenolic OH excluding ortho intramolecular Hbond substituents is 1. The van der Waals surface area contributed by atoms with E-state index in [-0.39, 0.29) is 28.1 Å². The second kappa shape index (κ2) is 4.22. The Morgan fingerprint density at radius 2 is 1.89 bits per heavy atom. The molecular formula is C15H20FNO2. The summed E-state index contributed by atoms with van der Waals surface area (Å²) >= 11 is 0. The van der Waals surface area contributed by atoms with Crippen molar-refractivity contribution in [2.75, 3.05) is 6.54 Å². The highest BCUT2D eigenvalue weighted by Gasteiger charge is 2.64. The highest BCUT2D eigenvalue weighted by molar-refractivity contribution is 5.96. The van der Waals surface area contributed by atoms with Crippen LogP contribution in [0.4, 0.5) is 4.39 Å². The minimum Gasteiger partial charge on any atom is -0.507 e. The largest absolute Gasteiger partial charge is 0.507 e. The van der Waals surface area contributed by atoms with E-state index in [4.69, 9.17) is 0 Å². The molecule has 0 aliphatic heterocycles. The van der Waals surface area contributed by atoms with Gasteiger partial charge in [-0.05, 0) is 28.9 Å². The molecule has 0 aromatic heterocycles. The van der Waals surface area contributed by atoms with Gasteiger partial charge in [0.1, 0.15) is 11.6 Å². The normalized spacial score (nSPS) is 20.1. The Labute approximate surface area is 112 Å². The number of nitrogens with one attached hydrogen (secondary N) is 1. The van der Waals surface area contributed by atoms with E-state index in [1.54, 1.807) is 0 Å². The van der Waals surface area contributed by atoms with Crippen molar-refractivity contribution in [3.8, 4) is 5.75 Å². The van der Waals surface area contributed by atoms with Crippen LogP contribution in [0.3, 0.4) is 0 Å². The SMILES string of the molecule is CC1(C)C(CNC(=O)c2ccc(F)cc2O)C1(C)C. The van der Waals surface area contributed by atoms with Crippen LogP contribution in [0.1, 0.15) is 38.1 Å². The fourth-order valence-corrected chi connectivity index (χ4v) is 2.83. The van der Waals surface area contributed by atoms with E-state index >= 15 is 0 Å². The maximum atomic E-state index is 12.8. The van der Waals surface area contributed by atoms with E-state index in [2.05, 4.69) is 33.0 Å². The molecule has 0 atom stereocenters. The molecule has 1 fully saturated rings. The molecule has 0 radical (unpaired) electrons. The van der Waals surface area contributed by atoms with Gasteiger partial charge in [-0.2, -0.15) is 0 Å². The summed E-state index contributed by atoms with van der Waals surface area (Å²) in [6.07, 6.45) is 0. The lowest BCUT2D eigenvalue weighted by Gasteiger charge is -2.08. The van der Waals surface area contributed by atoms with Gasteiger partial charge in [0.25, 0.3) is 5.91 Å². The molecule has 0 spiro atoms. The standard InChI is InChI=1S/C15H20FNO2/c1-14(2)12(15(14,3)4)8-17-13(19)10-6-5-9(16)7-11(10)18/h5-7,12,18H,8H2,1-4H3,(H,17,19). The quantitative estimate of drug-likeness (QED) is 0.882. The number of halogens is 1. The Morgan fingerprint density at radius 1 is 1.32 bits per heavy atom. The molecule has 1 aromatic carbocycles. The zero-order valence-electron chi connectivity index (χ0n) is 11.7. The van der Waals surface area contributed by atoms with E-state index in [0.717, 1.165) is 6.07 Å². The first-order valence-corrected chi connectivity index (χ1v) is 6.44. The van der Waals surface area contributed by atoms with E-state index in [1.165, 1.54) is 12.1 Å². The Bertz CT molecular complexity index is 509. The van der Waals surface area contributed by atoms with Gasteiger partial charge in [-0.1, -0.05) is 27.7 Å². The van der Waals surface area contributed by atoms with Crippen LogP contribution in [0, 0.1) is 22.6 Å². The summed E-state index contributed by atoms with van der Waals surface area (Å²) in [6, 6.07) is 3.41. The summed E-state index contributed by atoms with van der Waals surface area (Å²) in [6.45, 7) is 9.28. The average molecular weight is 265 g/mol. The van der Waals surface area contributed by atoms with Crippen LogP contribution >= 0.6 is 0 Å². The third-order valence-corrected chi connectivity index (χ3v) is 4.99. The second-order valence-corrected chi connectivity index (χ2v) is 6.37. The van der Waals surface area contributed by atoms with Crippen LogP contribution in [0.2, 0.25) is 0 Å². The maximum Gasteiger partial charge on any atom is 0.255 e. The number of benzene rings is 1.